The maximum absolute atomic E-state index is 5.53. The normalized spacial score (nSPS) is 11.9. The van der Waals surface area contributed by atoms with Crippen molar-refractivity contribution in [2.75, 3.05) is 20.8 Å². The molecule has 1 aromatic heterocycles. The van der Waals surface area contributed by atoms with Crippen molar-refractivity contribution in [1.29, 1.82) is 0 Å². The minimum absolute atomic E-state index is 0.0266. The number of nitrogens with zero attached hydrogens (tertiary/aromatic N) is 1. The third kappa shape index (κ3) is 2.91. The van der Waals surface area contributed by atoms with Gasteiger partial charge < -0.3 is 14.8 Å². The van der Waals surface area contributed by atoms with Crippen LogP contribution in [0.5, 0.6) is 11.5 Å². The van der Waals surface area contributed by atoms with Gasteiger partial charge >= 0.3 is 0 Å². The van der Waals surface area contributed by atoms with Crippen molar-refractivity contribution >= 4 is 0 Å². The van der Waals surface area contributed by atoms with E-state index in [0.717, 1.165) is 29.2 Å². The summed E-state index contributed by atoms with van der Waals surface area (Å²) in [6, 6.07) is 9.93. The van der Waals surface area contributed by atoms with E-state index in [4.69, 9.17) is 9.47 Å². The Morgan fingerprint density at radius 1 is 1.15 bits per heavy atom. The molecule has 106 valence electrons. The summed E-state index contributed by atoms with van der Waals surface area (Å²) in [5, 5.41) is 3.47. The second kappa shape index (κ2) is 6.91. The Morgan fingerprint density at radius 2 is 2.00 bits per heavy atom. The molecule has 2 aromatic rings. The van der Waals surface area contributed by atoms with Gasteiger partial charge in [0, 0.05) is 18.0 Å². The van der Waals surface area contributed by atoms with Crippen molar-refractivity contribution in [3.05, 3.63) is 53.9 Å². The zero-order chi connectivity index (χ0) is 14.4. The van der Waals surface area contributed by atoms with Gasteiger partial charge in [-0.05, 0) is 24.2 Å². The molecule has 0 saturated heterocycles. The molecule has 1 unspecified atom stereocenters. The Kier molecular flexibility index (Phi) is 4.96. The number of benzene rings is 1. The van der Waals surface area contributed by atoms with Crippen LogP contribution in [0.25, 0.3) is 0 Å². The average Bonchev–Trinajstić information content (AvgIpc) is 2.52. The Morgan fingerprint density at radius 3 is 2.60 bits per heavy atom. The maximum atomic E-state index is 5.53. The molecule has 1 atom stereocenters. The van der Waals surface area contributed by atoms with Gasteiger partial charge in [0.05, 0.1) is 20.3 Å². The van der Waals surface area contributed by atoms with E-state index in [1.807, 2.05) is 30.5 Å². The zero-order valence-corrected chi connectivity index (χ0v) is 12.1. The van der Waals surface area contributed by atoms with Crippen LogP contribution in [-0.2, 0) is 0 Å². The predicted molar refractivity (Wildman–Crippen MR) is 79.3 cm³/mol. The first kappa shape index (κ1) is 14.3. The van der Waals surface area contributed by atoms with Crippen molar-refractivity contribution < 1.29 is 9.47 Å². The first-order valence-corrected chi connectivity index (χ1v) is 6.66. The highest BCUT2D eigenvalue weighted by atomic mass is 16.5. The standard InChI is InChI=1S/C16H20N2O2/c1-4-18-15(12-7-6-10-17-11-12)13-8-5-9-14(19-2)16(13)20-3/h5-11,15,18H,4H2,1-3H3. The lowest BCUT2D eigenvalue weighted by Crippen LogP contribution is -2.22. The molecule has 0 aliphatic carbocycles. The van der Waals surface area contributed by atoms with Crippen LogP contribution in [-0.4, -0.2) is 25.7 Å². The Balaban J connectivity index is 2.49. The van der Waals surface area contributed by atoms with Gasteiger partial charge in [-0.3, -0.25) is 4.98 Å². The number of aromatic nitrogens is 1. The molecule has 1 N–H and O–H groups in total. The van der Waals surface area contributed by atoms with Gasteiger partial charge in [0.25, 0.3) is 0 Å². The van der Waals surface area contributed by atoms with Crippen LogP contribution in [0.2, 0.25) is 0 Å². The minimum atomic E-state index is 0.0266. The summed E-state index contributed by atoms with van der Waals surface area (Å²) in [5.41, 5.74) is 2.14. The third-order valence-corrected chi connectivity index (χ3v) is 3.17. The first-order chi connectivity index (χ1) is 9.81. The summed E-state index contributed by atoms with van der Waals surface area (Å²) in [7, 11) is 3.31. The molecular weight excluding hydrogens is 252 g/mol. The van der Waals surface area contributed by atoms with Gasteiger partial charge in [0.15, 0.2) is 11.5 Å². The lowest BCUT2D eigenvalue weighted by atomic mass is 9.98. The summed E-state index contributed by atoms with van der Waals surface area (Å²) in [6.07, 6.45) is 3.64. The molecule has 2 rings (SSSR count). The third-order valence-electron chi connectivity index (χ3n) is 3.17. The van der Waals surface area contributed by atoms with Crippen LogP contribution in [0, 0.1) is 0 Å². The SMILES string of the molecule is CCNC(c1cccnc1)c1cccc(OC)c1OC. The fourth-order valence-corrected chi connectivity index (χ4v) is 2.30. The molecule has 20 heavy (non-hydrogen) atoms. The van der Waals surface area contributed by atoms with E-state index in [9.17, 15) is 0 Å². The van der Waals surface area contributed by atoms with Crippen LogP contribution >= 0.6 is 0 Å². The van der Waals surface area contributed by atoms with E-state index in [1.165, 1.54) is 0 Å². The number of hydrogen-bond acceptors (Lipinski definition) is 4. The van der Waals surface area contributed by atoms with E-state index in [1.54, 1.807) is 20.4 Å². The van der Waals surface area contributed by atoms with Crippen LogP contribution in [0.4, 0.5) is 0 Å². The van der Waals surface area contributed by atoms with Crippen LogP contribution < -0.4 is 14.8 Å². The van der Waals surface area contributed by atoms with Crippen molar-refractivity contribution in [1.82, 2.24) is 10.3 Å². The minimum Gasteiger partial charge on any atom is -0.493 e. The molecule has 0 fully saturated rings. The van der Waals surface area contributed by atoms with Crippen LogP contribution in [0.1, 0.15) is 24.1 Å². The second-order valence-electron chi connectivity index (χ2n) is 4.36. The molecule has 0 bridgehead atoms. The zero-order valence-electron chi connectivity index (χ0n) is 12.1. The number of methoxy groups -OCH3 is 2. The summed E-state index contributed by atoms with van der Waals surface area (Å²) in [6.45, 7) is 2.93. The Bertz CT molecular complexity index is 543. The molecule has 0 amide bonds. The van der Waals surface area contributed by atoms with Crippen molar-refractivity contribution in [2.24, 2.45) is 0 Å². The van der Waals surface area contributed by atoms with E-state index in [2.05, 4.69) is 23.3 Å². The van der Waals surface area contributed by atoms with Crippen LogP contribution in [0.15, 0.2) is 42.7 Å². The topological polar surface area (TPSA) is 43.4 Å². The fourth-order valence-electron chi connectivity index (χ4n) is 2.30. The van der Waals surface area contributed by atoms with Gasteiger partial charge in [0.2, 0.25) is 0 Å². The van der Waals surface area contributed by atoms with Gasteiger partial charge in [-0.15, -0.1) is 0 Å². The summed E-state index contributed by atoms with van der Waals surface area (Å²) < 4.78 is 10.9. The van der Waals surface area contributed by atoms with Gasteiger partial charge in [-0.25, -0.2) is 0 Å². The lowest BCUT2D eigenvalue weighted by Gasteiger charge is -2.22. The number of ether oxygens (including phenoxy) is 2. The number of nitrogens with one attached hydrogen (secondary N) is 1. The molecule has 0 radical (unpaired) electrons. The Labute approximate surface area is 119 Å². The highest BCUT2D eigenvalue weighted by Crippen LogP contribution is 2.36. The summed E-state index contributed by atoms with van der Waals surface area (Å²) in [5.74, 6) is 1.49. The van der Waals surface area contributed by atoms with E-state index in [-0.39, 0.29) is 6.04 Å². The first-order valence-electron chi connectivity index (χ1n) is 6.66. The number of rotatable bonds is 6. The molecular formula is C16H20N2O2. The number of para-hydroxylation sites is 1. The summed E-state index contributed by atoms with van der Waals surface area (Å²) in [4.78, 5) is 4.20. The molecule has 1 aromatic carbocycles. The second-order valence-corrected chi connectivity index (χ2v) is 4.36. The van der Waals surface area contributed by atoms with E-state index in [0.29, 0.717) is 0 Å². The number of pyridine rings is 1. The fraction of sp³-hybridized carbons (Fsp3) is 0.312. The van der Waals surface area contributed by atoms with Crippen molar-refractivity contribution in [2.45, 2.75) is 13.0 Å². The van der Waals surface area contributed by atoms with E-state index < -0.39 is 0 Å². The van der Waals surface area contributed by atoms with Gasteiger partial charge in [0.1, 0.15) is 0 Å². The largest absolute Gasteiger partial charge is 0.493 e. The monoisotopic (exact) mass is 272 g/mol. The van der Waals surface area contributed by atoms with Crippen molar-refractivity contribution in [3.63, 3.8) is 0 Å². The predicted octanol–water partition coefficient (Wildman–Crippen LogP) is 2.80. The molecule has 0 aliphatic heterocycles. The molecule has 0 saturated carbocycles. The lowest BCUT2D eigenvalue weighted by molar-refractivity contribution is 0.349. The molecule has 0 aliphatic rings. The van der Waals surface area contributed by atoms with Crippen LogP contribution in [0.3, 0.4) is 0 Å². The molecule has 4 nitrogen and oxygen atoms in total. The molecule has 1 heterocycles. The molecule has 0 spiro atoms. The summed E-state index contributed by atoms with van der Waals surface area (Å²) >= 11 is 0. The highest BCUT2D eigenvalue weighted by molar-refractivity contribution is 5.50. The molecule has 4 heteroatoms. The van der Waals surface area contributed by atoms with Gasteiger partial charge in [-0.1, -0.05) is 25.1 Å². The quantitative estimate of drug-likeness (QED) is 0.878. The van der Waals surface area contributed by atoms with E-state index >= 15 is 0 Å². The number of hydrogen-bond donors (Lipinski definition) is 1. The van der Waals surface area contributed by atoms with Gasteiger partial charge in [-0.2, -0.15) is 0 Å². The smallest absolute Gasteiger partial charge is 0.165 e. The Hall–Kier alpha value is -2.07. The average molecular weight is 272 g/mol. The van der Waals surface area contributed by atoms with Crippen molar-refractivity contribution in [3.8, 4) is 11.5 Å². The maximum Gasteiger partial charge on any atom is 0.165 e. The highest BCUT2D eigenvalue weighted by Gasteiger charge is 2.20.